The number of nitrogens with one attached hydrogen (secondary N) is 1. The Morgan fingerprint density at radius 1 is 1.16 bits per heavy atom. The molecular formula is C28H27FN4O3S. The zero-order chi connectivity index (χ0) is 26.5. The second kappa shape index (κ2) is 9.24. The Labute approximate surface area is 217 Å². The molecule has 0 aliphatic carbocycles. The van der Waals surface area contributed by atoms with Crippen molar-refractivity contribution in [1.29, 1.82) is 0 Å². The molecule has 2 N–H and O–H groups in total. The number of amides is 1. The lowest BCUT2D eigenvalue weighted by Crippen LogP contribution is -2.26. The fraction of sp³-hybridized carbons (Fsp3) is 0.250. The number of aliphatic hydroxyl groups is 1. The molecule has 1 aliphatic rings. The van der Waals surface area contributed by atoms with Crippen molar-refractivity contribution >= 4 is 34.4 Å². The number of rotatable bonds is 5. The molecule has 0 spiro atoms. The number of carbonyl (C=O) groups is 1. The molecule has 3 aromatic heterocycles. The van der Waals surface area contributed by atoms with Crippen molar-refractivity contribution in [2.75, 3.05) is 10.2 Å². The van der Waals surface area contributed by atoms with Gasteiger partial charge in [0.05, 0.1) is 23.7 Å². The largest absolute Gasteiger partial charge is 0.392 e. The van der Waals surface area contributed by atoms with Gasteiger partial charge in [-0.2, -0.15) is 0 Å². The minimum absolute atomic E-state index is 0.0544. The summed E-state index contributed by atoms with van der Waals surface area (Å²) in [5.41, 5.74) is 2.22. The molecule has 5 rings (SSSR count). The number of nitrogens with zero attached hydrogens (tertiary/aromatic N) is 3. The molecule has 9 heteroatoms. The normalized spacial score (nSPS) is 13.2. The summed E-state index contributed by atoms with van der Waals surface area (Å²) in [5, 5.41) is 13.4. The van der Waals surface area contributed by atoms with Gasteiger partial charge in [-0.15, -0.1) is 11.3 Å². The molecule has 190 valence electrons. The fourth-order valence-corrected chi connectivity index (χ4v) is 5.67. The molecule has 7 nitrogen and oxygen atoms in total. The van der Waals surface area contributed by atoms with Crippen LogP contribution in [0.1, 0.15) is 46.4 Å². The number of halogens is 1. The summed E-state index contributed by atoms with van der Waals surface area (Å²) in [6, 6.07) is 11.8. The maximum atomic E-state index is 15.3. The van der Waals surface area contributed by atoms with Crippen molar-refractivity contribution in [3.05, 3.63) is 91.9 Å². The average Bonchev–Trinajstić information content (AvgIpc) is 3.42. The monoisotopic (exact) mass is 518 g/mol. The molecule has 0 bridgehead atoms. The molecule has 0 saturated carbocycles. The molecule has 0 radical (unpaired) electrons. The van der Waals surface area contributed by atoms with E-state index in [9.17, 15) is 14.7 Å². The highest BCUT2D eigenvalue weighted by Gasteiger charge is 2.36. The first kappa shape index (κ1) is 24.9. The molecule has 37 heavy (non-hydrogen) atoms. The van der Waals surface area contributed by atoms with Crippen LogP contribution in [0.5, 0.6) is 0 Å². The topological polar surface area (TPSA) is 87.5 Å². The van der Waals surface area contributed by atoms with Gasteiger partial charge in [0.2, 0.25) is 0 Å². The van der Waals surface area contributed by atoms with Crippen LogP contribution in [0, 0.1) is 5.82 Å². The number of aryl methyl sites for hydroxylation is 1. The van der Waals surface area contributed by atoms with Gasteiger partial charge in [0, 0.05) is 35.4 Å². The quantitative estimate of drug-likeness (QED) is 0.372. The molecule has 0 atom stereocenters. The van der Waals surface area contributed by atoms with Gasteiger partial charge in [0.1, 0.15) is 17.3 Å². The number of aliphatic hydroxyl groups excluding tert-OH is 1. The van der Waals surface area contributed by atoms with E-state index in [4.69, 9.17) is 0 Å². The number of pyridine rings is 2. The Morgan fingerprint density at radius 3 is 2.59 bits per heavy atom. The van der Waals surface area contributed by atoms with Gasteiger partial charge in [0.15, 0.2) is 0 Å². The van der Waals surface area contributed by atoms with Gasteiger partial charge in [-0.25, -0.2) is 9.37 Å². The summed E-state index contributed by atoms with van der Waals surface area (Å²) in [5.74, 6) is -0.370. The summed E-state index contributed by atoms with van der Waals surface area (Å²) >= 11 is 1.43. The van der Waals surface area contributed by atoms with Crippen LogP contribution in [0.25, 0.3) is 11.1 Å². The fourth-order valence-electron chi connectivity index (χ4n) is 4.50. The highest BCUT2D eigenvalue weighted by Crippen LogP contribution is 2.42. The van der Waals surface area contributed by atoms with Crippen molar-refractivity contribution in [2.45, 2.75) is 39.3 Å². The van der Waals surface area contributed by atoms with Crippen molar-refractivity contribution < 1.29 is 14.3 Å². The van der Waals surface area contributed by atoms with E-state index in [2.05, 4.69) is 31.1 Å². The minimum Gasteiger partial charge on any atom is -0.392 e. The Kier molecular flexibility index (Phi) is 6.21. The van der Waals surface area contributed by atoms with E-state index in [1.54, 1.807) is 49.8 Å². The second-order valence-corrected chi connectivity index (χ2v) is 11.1. The molecular weight excluding hydrogens is 491 g/mol. The number of hydrogen-bond acceptors (Lipinski definition) is 6. The maximum Gasteiger partial charge on any atom is 0.274 e. The predicted octanol–water partition coefficient (Wildman–Crippen LogP) is 5.34. The number of fused-ring (bicyclic) bond motifs is 1. The Morgan fingerprint density at radius 2 is 1.95 bits per heavy atom. The molecule has 4 heterocycles. The van der Waals surface area contributed by atoms with Crippen LogP contribution in [0.3, 0.4) is 0 Å². The summed E-state index contributed by atoms with van der Waals surface area (Å²) < 4.78 is 16.7. The predicted molar refractivity (Wildman–Crippen MR) is 144 cm³/mol. The third kappa shape index (κ3) is 4.45. The molecule has 0 saturated heterocycles. The van der Waals surface area contributed by atoms with E-state index >= 15 is 4.39 Å². The van der Waals surface area contributed by atoms with Gasteiger partial charge < -0.3 is 15.0 Å². The standard InChI is InChI=1S/C28H27FN4O3S/c1-28(2,3)22-12-17-14-33(27(36)25(17)37-22)24-19(15-34)18(8-9-20(24)29)16-11-21(26(35)32(4)13-16)31-23-7-5-6-10-30-23/h5-13,34H,14-15H2,1-4H3,(H,30,31). The summed E-state index contributed by atoms with van der Waals surface area (Å²) in [6.45, 7) is 6.01. The molecule has 1 amide bonds. The van der Waals surface area contributed by atoms with E-state index in [0.29, 0.717) is 21.8 Å². The number of hydrogen-bond donors (Lipinski definition) is 2. The smallest absolute Gasteiger partial charge is 0.274 e. The number of aromatic nitrogens is 2. The van der Waals surface area contributed by atoms with Crippen LogP contribution in [0.4, 0.5) is 21.6 Å². The highest BCUT2D eigenvalue weighted by molar-refractivity contribution is 7.14. The van der Waals surface area contributed by atoms with Gasteiger partial charge in [-0.1, -0.05) is 32.9 Å². The highest BCUT2D eigenvalue weighted by atomic mass is 32.1. The first-order chi connectivity index (χ1) is 17.6. The average molecular weight is 519 g/mol. The van der Waals surface area contributed by atoms with E-state index in [1.165, 1.54) is 26.9 Å². The molecule has 1 aromatic carbocycles. The zero-order valence-corrected chi connectivity index (χ0v) is 21.8. The van der Waals surface area contributed by atoms with E-state index in [-0.39, 0.29) is 40.4 Å². The molecule has 1 aliphatic heterocycles. The lowest BCUT2D eigenvalue weighted by atomic mass is 9.94. The van der Waals surface area contributed by atoms with E-state index in [1.807, 2.05) is 6.07 Å². The van der Waals surface area contributed by atoms with Crippen LogP contribution in [0.15, 0.2) is 59.7 Å². The van der Waals surface area contributed by atoms with Crippen molar-refractivity contribution in [3.8, 4) is 11.1 Å². The van der Waals surface area contributed by atoms with Crippen LogP contribution in [0.2, 0.25) is 0 Å². The molecule has 0 unspecified atom stereocenters. The number of thiophene rings is 1. The van der Waals surface area contributed by atoms with Crippen LogP contribution >= 0.6 is 11.3 Å². The second-order valence-electron chi connectivity index (χ2n) is 10.1. The lowest BCUT2D eigenvalue weighted by molar-refractivity contribution is 0.0998. The summed E-state index contributed by atoms with van der Waals surface area (Å²) in [7, 11) is 1.62. The van der Waals surface area contributed by atoms with Crippen molar-refractivity contribution in [1.82, 2.24) is 9.55 Å². The minimum atomic E-state index is -0.594. The third-order valence-electron chi connectivity index (χ3n) is 6.40. The van der Waals surface area contributed by atoms with Crippen molar-refractivity contribution in [3.63, 3.8) is 0 Å². The van der Waals surface area contributed by atoms with Crippen LogP contribution in [-0.4, -0.2) is 20.6 Å². The lowest BCUT2D eigenvalue weighted by Gasteiger charge is -2.23. The zero-order valence-electron chi connectivity index (χ0n) is 21.0. The van der Waals surface area contributed by atoms with E-state index in [0.717, 1.165) is 10.4 Å². The van der Waals surface area contributed by atoms with Gasteiger partial charge in [-0.05, 0) is 46.9 Å². The van der Waals surface area contributed by atoms with Gasteiger partial charge in [-0.3, -0.25) is 14.5 Å². The Hall–Kier alpha value is -3.82. The summed E-state index contributed by atoms with van der Waals surface area (Å²) in [6.07, 6.45) is 3.24. The number of benzene rings is 1. The van der Waals surface area contributed by atoms with Crippen LogP contribution < -0.4 is 15.8 Å². The molecule has 4 aromatic rings. The first-order valence-electron chi connectivity index (χ1n) is 11.8. The van der Waals surface area contributed by atoms with Crippen molar-refractivity contribution in [2.24, 2.45) is 7.05 Å². The van der Waals surface area contributed by atoms with Crippen LogP contribution in [-0.2, 0) is 25.6 Å². The Balaban J connectivity index is 1.58. The van der Waals surface area contributed by atoms with Gasteiger partial charge in [0.25, 0.3) is 11.5 Å². The summed E-state index contributed by atoms with van der Waals surface area (Å²) in [4.78, 5) is 33.5. The number of carbonyl (C=O) groups excluding carboxylic acids is 1. The van der Waals surface area contributed by atoms with E-state index < -0.39 is 12.4 Å². The molecule has 0 fully saturated rings. The first-order valence-corrected chi connectivity index (χ1v) is 12.7. The maximum absolute atomic E-state index is 15.3. The van der Waals surface area contributed by atoms with Gasteiger partial charge >= 0.3 is 0 Å². The third-order valence-corrected chi connectivity index (χ3v) is 7.99. The Bertz CT molecular complexity index is 1570. The number of anilines is 3. The SMILES string of the molecule is Cn1cc(-c2ccc(F)c(N3Cc4cc(C(C)(C)C)sc4C3=O)c2CO)cc(Nc2ccccn2)c1=O.